The quantitative estimate of drug-likeness (QED) is 0.554. The Morgan fingerprint density at radius 1 is 1.12 bits per heavy atom. The first-order chi connectivity index (χ1) is 12.3. The van der Waals surface area contributed by atoms with E-state index in [1.807, 2.05) is 55.5 Å². The summed E-state index contributed by atoms with van der Waals surface area (Å²) in [6.45, 7) is 2.21. The van der Waals surface area contributed by atoms with E-state index in [1.165, 1.54) is 11.9 Å². The maximum atomic E-state index is 5.72. The van der Waals surface area contributed by atoms with Crippen molar-refractivity contribution in [1.29, 1.82) is 0 Å². The topological polar surface area (TPSA) is 91.8 Å². The second kappa shape index (κ2) is 6.52. The molecule has 124 valence electrons. The van der Waals surface area contributed by atoms with Crippen molar-refractivity contribution in [2.45, 2.75) is 13.5 Å². The summed E-state index contributed by atoms with van der Waals surface area (Å²) in [6.07, 6.45) is 1.52. The molecule has 0 unspecified atom stereocenters. The Kier molecular flexibility index (Phi) is 3.91. The molecule has 0 aliphatic heterocycles. The van der Waals surface area contributed by atoms with Gasteiger partial charge in [0.05, 0.1) is 5.69 Å². The van der Waals surface area contributed by atoms with E-state index in [9.17, 15) is 0 Å². The molecule has 0 N–H and O–H groups in total. The Morgan fingerprint density at radius 2 is 2.00 bits per heavy atom. The van der Waals surface area contributed by atoms with Gasteiger partial charge < -0.3 is 9.26 Å². The summed E-state index contributed by atoms with van der Waals surface area (Å²) in [6, 6.07) is 15.3. The summed E-state index contributed by atoms with van der Waals surface area (Å²) >= 11 is 0. The number of hydrogen-bond donors (Lipinski definition) is 0. The second-order valence-electron chi connectivity index (χ2n) is 5.42. The highest BCUT2D eigenvalue weighted by molar-refractivity contribution is 5.54. The third-order valence-corrected chi connectivity index (χ3v) is 3.57. The van der Waals surface area contributed by atoms with Crippen LogP contribution in [0.4, 0.5) is 0 Å². The standard InChI is InChI=1S/C17H14N6O2/c1-12-5-7-13(8-6-12)17-19-16(25-20-17)10-24-15-4-2-3-14(9-15)23-11-18-21-22-23/h2-9,11H,10H2,1H3. The number of aromatic nitrogens is 6. The molecular weight excluding hydrogens is 320 g/mol. The number of rotatable bonds is 5. The van der Waals surface area contributed by atoms with E-state index in [4.69, 9.17) is 9.26 Å². The van der Waals surface area contributed by atoms with E-state index in [0.717, 1.165) is 11.3 Å². The van der Waals surface area contributed by atoms with Gasteiger partial charge in [0.25, 0.3) is 5.89 Å². The molecule has 0 spiro atoms. The van der Waals surface area contributed by atoms with Crippen molar-refractivity contribution in [3.8, 4) is 22.8 Å². The van der Waals surface area contributed by atoms with E-state index in [-0.39, 0.29) is 6.61 Å². The third kappa shape index (κ3) is 3.37. The Bertz CT molecular complexity index is 963. The minimum Gasteiger partial charge on any atom is -0.484 e. The van der Waals surface area contributed by atoms with Gasteiger partial charge in [0, 0.05) is 11.6 Å². The summed E-state index contributed by atoms with van der Waals surface area (Å²) in [5.74, 6) is 1.60. The molecule has 4 rings (SSSR count). The van der Waals surface area contributed by atoms with Crippen LogP contribution in [0, 0.1) is 6.92 Å². The molecule has 0 aliphatic rings. The lowest BCUT2D eigenvalue weighted by molar-refractivity contribution is 0.243. The lowest BCUT2D eigenvalue weighted by Crippen LogP contribution is -1.98. The predicted molar refractivity (Wildman–Crippen MR) is 88.0 cm³/mol. The van der Waals surface area contributed by atoms with E-state index in [0.29, 0.717) is 17.5 Å². The smallest absolute Gasteiger partial charge is 0.264 e. The summed E-state index contributed by atoms with van der Waals surface area (Å²) in [5.41, 5.74) is 2.88. The largest absolute Gasteiger partial charge is 0.484 e. The Balaban J connectivity index is 1.45. The van der Waals surface area contributed by atoms with Crippen LogP contribution in [-0.4, -0.2) is 30.3 Å². The van der Waals surface area contributed by atoms with Crippen molar-refractivity contribution in [1.82, 2.24) is 30.3 Å². The van der Waals surface area contributed by atoms with E-state index in [1.54, 1.807) is 4.68 Å². The van der Waals surface area contributed by atoms with Crippen LogP contribution in [0.5, 0.6) is 5.75 Å². The first kappa shape index (κ1) is 15.0. The summed E-state index contributed by atoms with van der Waals surface area (Å²) in [7, 11) is 0. The first-order valence-electron chi connectivity index (χ1n) is 7.64. The zero-order valence-electron chi connectivity index (χ0n) is 13.4. The van der Waals surface area contributed by atoms with Crippen LogP contribution < -0.4 is 4.74 Å². The SMILES string of the molecule is Cc1ccc(-c2noc(COc3cccc(-n4cnnn4)c3)n2)cc1. The van der Waals surface area contributed by atoms with Crippen LogP contribution in [0.25, 0.3) is 17.1 Å². The minimum absolute atomic E-state index is 0.178. The highest BCUT2D eigenvalue weighted by atomic mass is 16.5. The van der Waals surface area contributed by atoms with Gasteiger partial charge in [-0.1, -0.05) is 41.1 Å². The van der Waals surface area contributed by atoms with Gasteiger partial charge in [-0.3, -0.25) is 0 Å². The monoisotopic (exact) mass is 334 g/mol. The number of benzene rings is 2. The molecule has 8 heteroatoms. The molecule has 0 bridgehead atoms. The Hall–Kier alpha value is -3.55. The van der Waals surface area contributed by atoms with Crippen molar-refractivity contribution in [3.63, 3.8) is 0 Å². The molecular formula is C17H14N6O2. The molecule has 4 aromatic rings. The average Bonchev–Trinajstić information content (AvgIpc) is 3.33. The van der Waals surface area contributed by atoms with Gasteiger partial charge in [-0.2, -0.15) is 4.98 Å². The zero-order chi connectivity index (χ0) is 17.1. The van der Waals surface area contributed by atoms with Crippen LogP contribution in [0.2, 0.25) is 0 Å². The maximum Gasteiger partial charge on any atom is 0.264 e. The maximum absolute atomic E-state index is 5.72. The summed E-state index contributed by atoms with van der Waals surface area (Å²) in [4.78, 5) is 4.36. The van der Waals surface area contributed by atoms with Gasteiger partial charge in [0.15, 0.2) is 6.61 Å². The Labute approximate surface area is 143 Å². The van der Waals surface area contributed by atoms with Crippen LogP contribution in [-0.2, 0) is 6.61 Å². The molecule has 0 amide bonds. The van der Waals surface area contributed by atoms with Gasteiger partial charge in [-0.25, -0.2) is 4.68 Å². The number of tetrazole rings is 1. The number of nitrogens with zero attached hydrogens (tertiary/aromatic N) is 6. The third-order valence-electron chi connectivity index (χ3n) is 3.57. The molecule has 0 aliphatic carbocycles. The predicted octanol–water partition coefficient (Wildman–Crippen LogP) is 2.60. The van der Waals surface area contributed by atoms with Crippen LogP contribution in [0.15, 0.2) is 59.4 Å². The molecule has 2 aromatic carbocycles. The van der Waals surface area contributed by atoms with E-state index >= 15 is 0 Å². The van der Waals surface area contributed by atoms with Crippen molar-refractivity contribution >= 4 is 0 Å². The van der Waals surface area contributed by atoms with Gasteiger partial charge in [-0.15, -0.1) is 5.10 Å². The van der Waals surface area contributed by atoms with Gasteiger partial charge in [0.2, 0.25) is 5.82 Å². The molecule has 0 saturated heterocycles. The molecule has 0 saturated carbocycles. The molecule has 0 fully saturated rings. The van der Waals surface area contributed by atoms with Crippen LogP contribution >= 0.6 is 0 Å². The molecule has 25 heavy (non-hydrogen) atoms. The normalized spacial score (nSPS) is 10.8. The zero-order valence-corrected chi connectivity index (χ0v) is 13.4. The van der Waals surface area contributed by atoms with E-state index in [2.05, 4.69) is 25.7 Å². The second-order valence-corrected chi connectivity index (χ2v) is 5.42. The minimum atomic E-state index is 0.178. The van der Waals surface area contributed by atoms with Crippen molar-refractivity contribution < 1.29 is 9.26 Å². The number of aryl methyl sites for hydroxylation is 1. The lowest BCUT2D eigenvalue weighted by atomic mass is 10.1. The van der Waals surface area contributed by atoms with Gasteiger partial charge >= 0.3 is 0 Å². The molecule has 0 radical (unpaired) electrons. The fourth-order valence-corrected chi connectivity index (χ4v) is 2.27. The highest BCUT2D eigenvalue weighted by Gasteiger charge is 2.09. The van der Waals surface area contributed by atoms with Gasteiger partial charge in [0.1, 0.15) is 12.1 Å². The fraction of sp³-hybridized carbons (Fsp3) is 0.118. The fourth-order valence-electron chi connectivity index (χ4n) is 2.27. The van der Waals surface area contributed by atoms with Crippen LogP contribution in [0.3, 0.4) is 0 Å². The van der Waals surface area contributed by atoms with Crippen molar-refractivity contribution in [2.75, 3.05) is 0 Å². The first-order valence-corrected chi connectivity index (χ1v) is 7.64. The molecule has 8 nitrogen and oxygen atoms in total. The van der Waals surface area contributed by atoms with Crippen molar-refractivity contribution in [3.05, 3.63) is 66.3 Å². The molecule has 2 heterocycles. The molecule has 2 aromatic heterocycles. The van der Waals surface area contributed by atoms with Crippen molar-refractivity contribution in [2.24, 2.45) is 0 Å². The number of ether oxygens (including phenoxy) is 1. The lowest BCUT2D eigenvalue weighted by Gasteiger charge is -2.05. The number of hydrogen-bond acceptors (Lipinski definition) is 7. The van der Waals surface area contributed by atoms with Crippen LogP contribution in [0.1, 0.15) is 11.5 Å². The average molecular weight is 334 g/mol. The Morgan fingerprint density at radius 3 is 2.80 bits per heavy atom. The summed E-state index contributed by atoms with van der Waals surface area (Å²) in [5, 5.41) is 15.1. The van der Waals surface area contributed by atoms with E-state index < -0.39 is 0 Å². The summed E-state index contributed by atoms with van der Waals surface area (Å²) < 4.78 is 12.5. The van der Waals surface area contributed by atoms with Gasteiger partial charge in [-0.05, 0) is 29.5 Å². The highest BCUT2D eigenvalue weighted by Crippen LogP contribution is 2.19. The molecule has 0 atom stereocenters.